The fourth-order valence-corrected chi connectivity index (χ4v) is 4.62. The van der Waals surface area contributed by atoms with E-state index in [2.05, 4.69) is 30.6 Å². The first kappa shape index (κ1) is 33.9. The average molecular weight is 647 g/mol. The monoisotopic (exact) mass is 646 g/mol. The van der Waals surface area contributed by atoms with Gasteiger partial charge in [-0.15, -0.1) is 0 Å². The number of allylic oxidation sites excluding steroid dienone is 1. The molecule has 0 spiro atoms. The number of ether oxygens (including phenoxy) is 3. The zero-order valence-corrected chi connectivity index (χ0v) is 27.4. The highest BCUT2D eigenvalue weighted by atomic mass is 16.5. The second-order valence-electron chi connectivity index (χ2n) is 11.4. The Morgan fingerprint density at radius 1 is 0.633 bits per heavy atom. The SMILES string of the molecule is CC/C=C\C(C)(C)Oc1ccc(OC(=O)c2cc(C#Cc3ccccc3)c(C(=O)Oc3ccc(O)cc3)cc2C#Cc2ccccc2)cc1. The quantitative estimate of drug-likeness (QED) is 0.0786. The standard InChI is InChI=1S/C43H34O6/c1-4-5-28-43(2,3)49-38-26-24-37(25-27-38)48-42(46)40-30-33(18-16-31-12-8-6-9-13-31)39(41(45)47-36-22-20-35(44)21-23-36)29-34(40)19-17-32-14-10-7-11-15-32/h5-15,20-30,44H,4H2,1-3H3/b28-5-. The lowest BCUT2D eigenvalue weighted by Crippen LogP contribution is -2.25. The van der Waals surface area contributed by atoms with E-state index in [9.17, 15) is 14.7 Å². The van der Waals surface area contributed by atoms with Crippen LogP contribution in [0.3, 0.4) is 0 Å². The van der Waals surface area contributed by atoms with Gasteiger partial charge in [0.25, 0.3) is 0 Å². The summed E-state index contributed by atoms with van der Waals surface area (Å²) in [4.78, 5) is 27.4. The van der Waals surface area contributed by atoms with Crippen LogP contribution in [0.2, 0.25) is 0 Å². The number of carbonyl (C=O) groups is 2. The first-order valence-electron chi connectivity index (χ1n) is 15.7. The average Bonchev–Trinajstić information content (AvgIpc) is 3.11. The van der Waals surface area contributed by atoms with Gasteiger partial charge >= 0.3 is 11.9 Å². The molecule has 242 valence electrons. The van der Waals surface area contributed by atoms with Crippen molar-refractivity contribution in [3.8, 4) is 46.7 Å². The summed E-state index contributed by atoms with van der Waals surface area (Å²) in [5, 5.41) is 9.67. The molecule has 0 aromatic heterocycles. The van der Waals surface area contributed by atoms with Crippen LogP contribution in [0.25, 0.3) is 0 Å². The summed E-state index contributed by atoms with van der Waals surface area (Å²) >= 11 is 0. The third-order valence-electron chi connectivity index (χ3n) is 7.05. The van der Waals surface area contributed by atoms with E-state index in [0.717, 1.165) is 12.0 Å². The molecule has 0 atom stereocenters. The molecular formula is C43H34O6. The van der Waals surface area contributed by atoms with Crippen LogP contribution >= 0.6 is 0 Å². The Hall–Kier alpha value is -6.50. The van der Waals surface area contributed by atoms with Gasteiger partial charge in [-0.1, -0.05) is 73.1 Å². The molecule has 6 heteroatoms. The number of aromatic hydroxyl groups is 1. The molecule has 0 heterocycles. The Morgan fingerprint density at radius 2 is 1.06 bits per heavy atom. The first-order chi connectivity index (χ1) is 23.7. The Bertz CT molecular complexity index is 2070. The minimum atomic E-state index is -0.710. The van der Waals surface area contributed by atoms with E-state index < -0.39 is 17.5 Å². The van der Waals surface area contributed by atoms with Crippen molar-refractivity contribution in [2.45, 2.75) is 32.8 Å². The Kier molecular flexibility index (Phi) is 11.0. The fourth-order valence-electron chi connectivity index (χ4n) is 4.62. The molecule has 0 amide bonds. The number of carbonyl (C=O) groups excluding carboxylic acids is 2. The number of rotatable bonds is 8. The molecule has 6 nitrogen and oxygen atoms in total. The molecule has 0 fully saturated rings. The highest BCUT2D eigenvalue weighted by molar-refractivity contribution is 5.99. The van der Waals surface area contributed by atoms with Crippen LogP contribution < -0.4 is 14.2 Å². The summed E-state index contributed by atoms with van der Waals surface area (Å²) in [7, 11) is 0. The zero-order valence-electron chi connectivity index (χ0n) is 27.4. The van der Waals surface area contributed by atoms with Crippen LogP contribution in [0.4, 0.5) is 0 Å². The van der Waals surface area contributed by atoms with Crippen molar-refractivity contribution in [1.29, 1.82) is 0 Å². The highest BCUT2D eigenvalue weighted by Crippen LogP contribution is 2.26. The molecule has 0 aliphatic rings. The van der Waals surface area contributed by atoms with Crippen LogP contribution in [0.1, 0.15) is 70.2 Å². The minimum Gasteiger partial charge on any atom is -0.508 e. The highest BCUT2D eigenvalue weighted by Gasteiger charge is 2.22. The van der Waals surface area contributed by atoms with Gasteiger partial charge in [0.05, 0.1) is 11.1 Å². The fraction of sp³-hybridized carbons (Fsp3) is 0.116. The van der Waals surface area contributed by atoms with E-state index in [1.54, 1.807) is 24.3 Å². The van der Waals surface area contributed by atoms with Gasteiger partial charge in [0.1, 0.15) is 28.6 Å². The molecular weight excluding hydrogens is 612 g/mol. The summed E-state index contributed by atoms with van der Waals surface area (Å²) in [5.74, 6) is 12.0. The number of hydrogen-bond donors (Lipinski definition) is 1. The summed E-state index contributed by atoms with van der Waals surface area (Å²) in [6, 6.07) is 34.1. The molecule has 0 saturated carbocycles. The lowest BCUT2D eigenvalue weighted by molar-refractivity contribution is 0.0719. The molecule has 1 N–H and O–H groups in total. The summed E-state index contributed by atoms with van der Waals surface area (Å²) in [6.45, 7) is 5.99. The van der Waals surface area contributed by atoms with Crippen LogP contribution in [-0.2, 0) is 0 Å². The van der Waals surface area contributed by atoms with E-state index in [4.69, 9.17) is 14.2 Å². The zero-order chi connectivity index (χ0) is 34.6. The predicted molar refractivity (Wildman–Crippen MR) is 190 cm³/mol. The maximum absolute atomic E-state index is 13.8. The lowest BCUT2D eigenvalue weighted by Gasteiger charge is -2.23. The smallest absolute Gasteiger partial charge is 0.344 e. The molecule has 0 aliphatic carbocycles. The van der Waals surface area contributed by atoms with Gasteiger partial charge in [-0.05, 0) is 111 Å². The second kappa shape index (κ2) is 15.9. The van der Waals surface area contributed by atoms with Crippen molar-refractivity contribution in [2.24, 2.45) is 0 Å². The first-order valence-corrected chi connectivity index (χ1v) is 15.7. The summed E-state index contributed by atoms with van der Waals surface area (Å²) < 4.78 is 17.5. The van der Waals surface area contributed by atoms with E-state index in [1.807, 2.05) is 86.7 Å². The normalized spacial score (nSPS) is 10.7. The maximum atomic E-state index is 13.8. The molecule has 0 radical (unpaired) electrons. The number of benzene rings is 5. The van der Waals surface area contributed by atoms with Crippen LogP contribution in [-0.4, -0.2) is 22.6 Å². The molecule has 5 rings (SSSR count). The van der Waals surface area contributed by atoms with Gasteiger partial charge in [-0.25, -0.2) is 9.59 Å². The molecule has 49 heavy (non-hydrogen) atoms. The van der Waals surface area contributed by atoms with Gasteiger partial charge < -0.3 is 19.3 Å². The Labute approximate surface area is 286 Å². The van der Waals surface area contributed by atoms with Crippen molar-refractivity contribution < 1.29 is 28.9 Å². The third-order valence-corrected chi connectivity index (χ3v) is 7.05. The van der Waals surface area contributed by atoms with Crippen molar-refractivity contribution in [2.75, 3.05) is 0 Å². The van der Waals surface area contributed by atoms with Gasteiger partial charge in [0.2, 0.25) is 0 Å². The Morgan fingerprint density at radius 3 is 1.51 bits per heavy atom. The van der Waals surface area contributed by atoms with Gasteiger partial charge in [-0.2, -0.15) is 0 Å². The van der Waals surface area contributed by atoms with Crippen molar-refractivity contribution in [3.63, 3.8) is 0 Å². The third kappa shape index (κ3) is 9.75. The summed E-state index contributed by atoms with van der Waals surface area (Å²) in [5.41, 5.74) is 1.64. The molecule has 5 aromatic rings. The molecule has 0 saturated heterocycles. The number of hydrogen-bond acceptors (Lipinski definition) is 6. The number of phenolic OH excluding ortho intramolecular Hbond substituents is 1. The van der Waals surface area contributed by atoms with Crippen molar-refractivity contribution >= 4 is 11.9 Å². The molecule has 0 bridgehead atoms. The van der Waals surface area contributed by atoms with Crippen LogP contribution in [0.15, 0.2) is 133 Å². The van der Waals surface area contributed by atoms with Gasteiger partial charge in [0.15, 0.2) is 0 Å². The largest absolute Gasteiger partial charge is 0.508 e. The van der Waals surface area contributed by atoms with E-state index in [-0.39, 0.29) is 33.8 Å². The van der Waals surface area contributed by atoms with E-state index >= 15 is 0 Å². The topological polar surface area (TPSA) is 82.1 Å². The van der Waals surface area contributed by atoms with Crippen molar-refractivity contribution in [3.05, 3.63) is 167 Å². The summed E-state index contributed by atoms with van der Waals surface area (Å²) in [6.07, 6.45) is 4.95. The number of esters is 2. The van der Waals surface area contributed by atoms with Gasteiger partial charge in [-0.3, -0.25) is 0 Å². The van der Waals surface area contributed by atoms with Crippen LogP contribution in [0.5, 0.6) is 23.0 Å². The maximum Gasteiger partial charge on any atom is 0.344 e. The van der Waals surface area contributed by atoms with E-state index in [0.29, 0.717) is 17.1 Å². The van der Waals surface area contributed by atoms with Crippen molar-refractivity contribution in [1.82, 2.24) is 0 Å². The molecule has 0 unspecified atom stereocenters. The Balaban J connectivity index is 1.54. The molecule has 5 aromatic carbocycles. The van der Waals surface area contributed by atoms with E-state index in [1.165, 1.54) is 36.4 Å². The second-order valence-corrected chi connectivity index (χ2v) is 11.4. The van der Waals surface area contributed by atoms with Crippen LogP contribution in [0, 0.1) is 23.7 Å². The number of phenols is 1. The van der Waals surface area contributed by atoms with Gasteiger partial charge in [0, 0.05) is 22.3 Å². The predicted octanol–water partition coefficient (Wildman–Crippen LogP) is 8.75. The lowest BCUT2D eigenvalue weighted by atomic mass is 9.97. The molecule has 0 aliphatic heterocycles. The minimum absolute atomic E-state index is 0.0330.